The molecule has 3 aliphatic carbocycles. The van der Waals surface area contributed by atoms with Crippen molar-refractivity contribution in [2.45, 2.75) is 78.3 Å². The minimum Gasteiger partial charge on any atom is -0.478 e. The van der Waals surface area contributed by atoms with Crippen molar-refractivity contribution in [1.29, 1.82) is 0 Å². The molecule has 2 bridgehead atoms. The van der Waals surface area contributed by atoms with Gasteiger partial charge >= 0.3 is 5.97 Å². The number of carbonyl (C=O) groups is 2. The molecule has 1 heterocycles. The number of hydrogen-bond donors (Lipinski definition) is 4. The van der Waals surface area contributed by atoms with E-state index >= 15 is 0 Å². The summed E-state index contributed by atoms with van der Waals surface area (Å²) in [6, 6.07) is 10.4. The highest BCUT2D eigenvalue weighted by molar-refractivity contribution is 5.91. The molecule has 2 aromatic carbocycles. The molecule has 8 atom stereocenters. The van der Waals surface area contributed by atoms with Crippen LogP contribution in [0.5, 0.6) is 0 Å². The fourth-order valence-corrected chi connectivity index (χ4v) is 7.97. The second-order valence-corrected chi connectivity index (χ2v) is 13.8. The predicted octanol–water partition coefficient (Wildman–Crippen LogP) is 4.09. The monoisotopic (exact) mass is 593 g/mol. The molecule has 6 rings (SSSR count). The summed E-state index contributed by atoms with van der Waals surface area (Å²) in [5, 5.41) is 35.6. The number of nitrogens with zero attached hydrogens (tertiary/aromatic N) is 2. The van der Waals surface area contributed by atoms with Crippen molar-refractivity contribution in [2.24, 2.45) is 29.1 Å². The third kappa shape index (κ3) is 5.68. The van der Waals surface area contributed by atoms with Crippen LogP contribution in [0.4, 0.5) is 5.69 Å². The van der Waals surface area contributed by atoms with E-state index in [9.17, 15) is 24.9 Å². The normalized spacial score (nSPS) is 30.4. The number of carboxylic acids is 1. The number of nitrogens with one attached hydrogen (secondary N) is 1. The summed E-state index contributed by atoms with van der Waals surface area (Å²) in [7, 11) is 3.75. The number of rotatable bonds is 9. The maximum Gasteiger partial charge on any atom is 0.335 e. The van der Waals surface area contributed by atoms with E-state index in [2.05, 4.69) is 26.1 Å². The lowest BCUT2D eigenvalue weighted by atomic mass is 9.45. The van der Waals surface area contributed by atoms with Gasteiger partial charge in [-0.15, -0.1) is 0 Å². The van der Waals surface area contributed by atoms with Crippen LogP contribution in [0.1, 0.15) is 62.0 Å². The summed E-state index contributed by atoms with van der Waals surface area (Å²) in [5.41, 5.74) is 4.78. The van der Waals surface area contributed by atoms with Gasteiger partial charge in [0.2, 0.25) is 5.91 Å². The maximum atomic E-state index is 14.0. The number of hydrogen-bond acceptors (Lipinski definition) is 7. The van der Waals surface area contributed by atoms with Gasteiger partial charge in [-0.2, -0.15) is 5.06 Å². The van der Waals surface area contributed by atoms with Crippen LogP contribution < -0.4 is 10.2 Å². The molecule has 0 radical (unpaired) electrons. The summed E-state index contributed by atoms with van der Waals surface area (Å²) in [5.74, 6) is -0.269. The Morgan fingerprint density at radius 1 is 1.19 bits per heavy atom. The molecule has 1 saturated heterocycles. The number of benzene rings is 2. The number of carboxylic acid groups (broad SMARTS) is 1. The van der Waals surface area contributed by atoms with Crippen LogP contribution in [0.2, 0.25) is 0 Å². The van der Waals surface area contributed by atoms with Crippen LogP contribution in [0.25, 0.3) is 11.1 Å². The highest BCUT2D eigenvalue weighted by Gasteiger charge is 2.57. The van der Waals surface area contributed by atoms with E-state index in [1.807, 2.05) is 50.2 Å². The Hall–Kier alpha value is -2.98. The number of anilines is 1. The summed E-state index contributed by atoms with van der Waals surface area (Å²) >= 11 is 0. The van der Waals surface area contributed by atoms with E-state index in [1.165, 1.54) is 6.42 Å². The van der Waals surface area contributed by atoms with Crippen molar-refractivity contribution < 1.29 is 29.7 Å². The number of aliphatic hydroxyl groups excluding tert-OH is 2. The van der Waals surface area contributed by atoms with E-state index in [4.69, 9.17) is 4.84 Å². The number of carbonyl (C=O) groups excluding carboxylic acids is 1. The standard InChI is InChI=1S/C34H47N3O6/c1-18-21(9-8-10-26(18)22-11-23(33(41)42)13-25(12-22)36(6)7)16-37-31(30(20(3)39)29(17-38)43-37)32(40)35-28-15-24-14-27(19(28)2)34(24,4)5/h8-13,19-20,24,27-31,38-39H,14-17H2,1-7H3,(H,35,40)(H,41,42)/t19-,20-,24+,27-,28-,29-,30+,31-/m0/s1. The van der Waals surface area contributed by atoms with Gasteiger partial charge in [-0.3, -0.25) is 9.63 Å². The molecule has 4 aliphatic rings. The first-order valence-electron chi connectivity index (χ1n) is 15.4. The molecule has 0 unspecified atom stereocenters. The second-order valence-electron chi connectivity index (χ2n) is 13.8. The van der Waals surface area contributed by atoms with Gasteiger partial charge in [0, 0.05) is 31.7 Å². The lowest BCUT2D eigenvalue weighted by molar-refractivity contribution is -0.183. The molecule has 43 heavy (non-hydrogen) atoms. The predicted molar refractivity (Wildman–Crippen MR) is 165 cm³/mol. The highest BCUT2D eigenvalue weighted by atomic mass is 16.7. The summed E-state index contributed by atoms with van der Waals surface area (Å²) in [6.45, 7) is 10.5. The first-order chi connectivity index (χ1) is 20.2. The van der Waals surface area contributed by atoms with Gasteiger partial charge in [0.15, 0.2) is 0 Å². The molecule has 0 spiro atoms. The lowest BCUT2D eigenvalue weighted by Crippen LogP contribution is -2.62. The van der Waals surface area contributed by atoms with Gasteiger partial charge in [0.25, 0.3) is 0 Å². The van der Waals surface area contributed by atoms with Crippen molar-refractivity contribution in [3.63, 3.8) is 0 Å². The van der Waals surface area contributed by atoms with Gasteiger partial charge in [-0.25, -0.2) is 4.79 Å². The average molecular weight is 594 g/mol. The van der Waals surface area contributed by atoms with Gasteiger partial charge in [0.1, 0.15) is 12.1 Å². The third-order valence-electron chi connectivity index (χ3n) is 10.8. The van der Waals surface area contributed by atoms with Gasteiger partial charge in [-0.1, -0.05) is 39.0 Å². The molecule has 9 heteroatoms. The molecular formula is C34H47N3O6. The van der Waals surface area contributed by atoms with Crippen LogP contribution in [0.3, 0.4) is 0 Å². The zero-order valence-corrected chi connectivity index (χ0v) is 26.4. The number of aromatic carboxylic acids is 1. The quantitative estimate of drug-likeness (QED) is 0.343. The third-order valence-corrected chi connectivity index (χ3v) is 10.8. The molecule has 4 N–H and O–H groups in total. The average Bonchev–Trinajstić information content (AvgIpc) is 3.33. The number of aliphatic hydroxyl groups is 2. The summed E-state index contributed by atoms with van der Waals surface area (Å²) in [4.78, 5) is 33.9. The topological polar surface area (TPSA) is 123 Å². The summed E-state index contributed by atoms with van der Waals surface area (Å²) in [6.07, 6.45) is 0.566. The van der Waals surface area contributed by atoms with Crippen molar-refractivity contribution in [3.8, 4) is 11.1 Å². The maximum absolute atomic E-state index is 14.0. The number of hydroxylamine groups is 2. The van der Waals surface area contributed by atoms with E-state index in [0.717, 1.165) is 34.4 Å². The number of fused-ring (bicyclic) bond motifs is 2. The van der Waals surface area contributed by atoms with Gasteiger partial charge in [-0.05, 0) is 90.3 Å². The SMILES string of the molecule is Cc1c(CN2O[C@@H](CO)[C@@H]([C@H](C)O)[C@H]2C(=O)N[C@H]2C[C@H]3C[C@@H]([C@@H]2C)C3(C)C)cccc1-c1cc(C(=O)O)cc(N(C)C)c1. The molecule has 2 aromatic rings. The zero-order chi connectivity index (χ0) is 31.4. The van der Waals surface area contributed by atoms with E-state index in [0.29, 0.717) is 23.2 Å². The Balaban J connectivity index is 1.43. The Bertz CT molecular complexity index is 1370. The van der Waals surface area contributed by atoms with Crippen LogP contribution in [0.15, 0.2) is 36.4 Å². The van der Waals surface area contributed by atoms with Gasteiger partial charge < -0.3 is 25.5 Å². The Labute approximate surface area is 254 Å². The fraction of sp³-hybridized carbons (Fsp3) is 0.588. The Kier molecular flexibility index (Phi) is 8.66. The van der Waals surface area contributed by atoms with E-state index in [1.54, 1.807) is 24.1 Å². The smallest absolute Gasteiger partial charge is 0.335 e. The fourth-order valence-electron chi connectivity index (χ4n) is 7.97. The number of amides is 1. The van der Waals surface area contributed by atoms with Crippen LogP contribution in [0, 0.1) is 36.0 Å². The largest absolute Gasteiger partial charge is 0.478 e. The van der Waals surface area contributed by atoms with Gasteiger partial charge in [0.05, 0.1) is 24.8 Å². The molecule has 234 valence electrons. The zero-order valence-electron chi connectivity index (χ0n) is 26.4. The van der Waals surface area contributed by atoms with Crippen molar-refractivity contribution in [3.05, 3.63) is 53.1 Å². The molecule has 1 aliphatic heterocycles. The minimum absolute atomic E-state index is 0.0615. The van der Waals surface area contributed by atoms with E-state index in [-0.39, 0.29) is 30.7 Å². The molecule has 1 amide bonds. The van der Waals surface area contributed by atoms with Crippen LogP contribution in [-0.4, -0.2) is 77.3 Å². The Morgan fingerprint density at radius 3 is 2.49 bits per heavy atom. The second kappa shape index (κ2) is 11.8. The van der Waals surface area contributed by atoms with Crippen molar-refractivity contribution >= 4 is 17.6 Å². The molecule has 3 saturated carbocycles. The first-order valence-corrected chi connectivity index (χ1v) is 15.4. The minimum atomic E-state index is -0.995. The molecule has 0 aromatic heterocycles. The van der Waals surface area contributed by atoms with Crippen molar-refractivity contribution in [1.82, 2.24) is 10.4 Å². The molecule has 4 fully saturated rings. The first kappa shape index (κ1) is 31.4. The van der Waals surface area contributed by atoms with Crippen LogP contribution >= 0.6 is 0 Å². The highest BCUT2D eigenvalue weighted by Crippen LogP contribution is 2.61. The molecule has 9 nitrogen and oxygen atoms in total. The summed E-state index contributed by atoms with van der Waals surface area (Å²) < 4.78 is 0. The van der Waals surface area contributed by atoms with Crippen LogP contribution in [-0.2, 0) is 16.2 Å². The van der Waals surface area contributed by atoms with Crippen molar-refractivity contribution in [2.75, 3.05) is 25.6 Å². The lowest BCUT2D eigenvalue weighted by Gasteiger charge is -2.62. The molecular weight excluding hydrogens is 546 g/mol. The van der Waals surface area contributed by atoms with E-state index < -0.39 is 30.1 Å². The Morgan fingerprint density at radius 2 is 1.91 bits per heavy atom.